The molecule has 1 heterocycles. The maximum atomic E-state index is 11.9. The van der Waals surface area contributed by atoms with E-state index in [9.17, 15) is 4.79 Å². The normalized spacial score (nSPS) is 27.4. The molecule has 0 radical (unpaired) electrons. The molecule has 2 atom stereocenters. The second-order valence-corrected chi connectivity index (χ2v) is 5.61. The Labute approximate surface area is 101 Å². The number of ether oxygens (including phenoxy) is 3. The lowest BCUT2D eigenvalue weighted by atomic mass is 10.0. The van der Waals surface area contributed by atoms with Crippen LogP contribution in [0.2, 0.25) is 0 Å². The summed E-state index contributed by atoms with van der Waals surface area (Å²) >= 11 is 1.44. The van der Waals surface area contributed by atoms with E-state index in [1.807, 2.05) is 27.0 Å². The predicted octanol–water partition coefficient (Wildman–Crippen LogP) is 1.82. The van der Waals surface area contributed by atoms with Crippen LogP contribution in [-0.4, -0.2) is 42.1 Å². The van der Waals surface area contributed by atoms with Gasteiger partial charge < -0.3 is 14.2 Å². The van der Waals surface area contributed by atoms with Crippen molar-refractivity contribution in [3.8, 4) is 0 Å². The summed E-state index contributed by atoms with van der Waals surface area (Å²) in [5, 5.41) is 0. The van der Waals surface area contributed by atoms with Crippen LogP contribution in [0, 0.1) is 0 Å². The summed E-state index contributed by atoms with van der Waals surface area (Å²) in [6, 6.07) is 0. The fourth-order valence-corrected chi connectivity index (χ4v) is 2.18. The Morgan fingerprint density at radius 2 is 2.25 bits per heavy atom. The standard InChI is InChI=1S/C11H20O4S/c1-6-13-9(12)11(4,16-5)8-7-14-10(2,3)15-8/h8H,6-7H2,1-5H3/t8-,11+/m0/s1. The van der Waals surface area contributed by atoms with Gasteiger partial charge in [-0.1, -0.05) is 0 Å². The lowest BCUT2D eigenvalue weighted by Crippen LogP contribution is -2.47. The lowest BCUT2D eigenvalue weighted by molar-refractivity contribution is -0.158. The van der Waals surface area contributed by atoms with Gasteiger partial charge in [-0.25, -0.2) is 0 Å². The molecule has 1 saturated heterocycles. The molecule has 0 bridgehead atoms. The summed E-state index contributed by atoms with van der Waals surface area (Å²) < 4.78 is 15.6. The third kappa shape index (κ3) is 2.70. The minimum atomic E-state index is -0.705. The fourth-order valence-electron chi connectivity index (χ4n) is 1.58. The number of thioether (sulfide) groups is 1. The highest BCUT2D eigenvalue weighted by atomic mass is 32.2. The molecule has 0 saturated carbocycles. The van der Waals surface area contributed by atoms with Crippen LogP contribution in [-0.2, 0) is 19.0 Å². The number of rotatable bonds is 4. The van der Waals surface area contributed by atoms with Crippen LogP contribution in [0.4, 0.5) is 0 Å². The average molecular weight is 248 g/mol. The molecule has 0 unspecified atom stereocenters. The monoisotopic (exact) mass is 248 g/mol. The van der Waals surface area contributed by atoms with Crippen LogP contribution in [0.15, 0.2) is 0 Å². The molecule has 5 heteroatoms. The van der Waals surface area contributed by atoms with E-state index in [4.69, 9.17) is 14.2 Å². The number of hydrogen-bond donors (Lipinski definition) is 0. The van der Waals surface area contributed by atoms with Crippen LogP contribution in [0.1, 0.15) is 27.7 Å². The number of hydrogen-bond acceptors (Lipinski definition) is 5. The molecule has 1 rings (SSSR count). The molecule has 1 aliphatic heterocycles. The summed E-state index contributed by atoms with van der Waals surface area (Å²) in [4.78, 5) is 11.9. The number of carbonyl (C=O) groups excluding carboxylic acids is 1. The van der Waals surface area contributed by atoms with Crippen molar-refractivity contribution in [2.24, 2.45) is 0 Å². The van der Waals surface area contributed by atoms with E-state index in [1.165, 1.54) is 11.8 Å². The van der Waals surface area contributed by atoms with Crippen molar-refractivity contribution >= 4 is 17.7 Å². The highest BCUT2D eigenvalue weighted by Crippen LogP contribution is 2.37. The second-order valence-electron chi connectivity index (χ2n) is 4.35. The fraction of sp³-hybridized carbons (Fsp3) is 0.909. The van der Waals surface area contributed by atoms with Crippen LogP contribution in [0.5, 0.6) is 0 Å². The zero-order valence-electron chi connectivity index (χ0n) is 10.5. The quantitative estimate of drug-likeness (QED) is 0.710. The van der Waals surface area contributed by atoms with Crippen molar-refractivity contribution < 1.29 is 19.0 Å². The molecule has 0 aromatic heterocycles. The minimum Gasteiger partial charge on any atom is -0.465 e. The van der Waals surface area contributed by atoms with E-state index in [-0.39, 0.29) is 12.1 Å². The Morgan fingerprint density at radius 1 is 1.62 bits per heavy atom. The first-order valence-electron chi connectivity index (χ1n) is 5.40. The molecule has 0 aliphatic carbocycles. The minimum absolute atomic E-state index is 0.242. The molecule has 16 heavy (non-hydrogen) atoms. The van der Waals surface area contributed by atoms with Crippen molar-refractivity contribution in [1.29, 1.82) is 0 Å². The van der Waals surface area contributed by atoms with Crippen molar-refractivity contribution in [3.05, 3.63) is 0 Å². The summed E-state index contributed by atoms with van der Waals surface area (Å²) in [5.41, 5.74) is 0. The zero-order valence-corrected chi connectivity index (χ0v) is 11.3. The second kappa shape index (κ2) is 4.94. The van der Waals surface area contributed by atoms with E-state index in [0.717, 1.165) is 0 Å². The molecule has 1 aliphatic rings. The van der Waals surface area contributed by atoms with Gasteiger partial charge in [-0.15, -0.1) is 11.8 Å². The average Bonchev–Trinajstić information content (AvgIpc) is 2.58. The van der Waals surface area contributed by atoms with E-state index < -0.39 is 10.5 Å². The molecular weight excluding hydrogens is 228 g/mol. The zero-order chi connectivity index (χ0) is 12.4. The van der Waals surface area contributed by atoms with Gasteiger partial charge in [0.05, 0.1) is 13.2 Å². The molecule has 1 fully saturated rings. The van der Waals surface area contributed by atoms with Crippen LogP contribution < -0.4 is 0 Å². The molecule has 94 valence electrons. The first-order chi connectivity index (χ1) is 7.35. The first kappa shape index (κ1) is 13.8. The van der Waals surface area contributed by atoms with Crippen LogP contribution in [0.25, 0.3) is 0 Å². The first-order valence-corrected chi connectivity index (χ1v) is 6.62. The Balaban J connectivity index is 2.77. The van der Waals surface area contributed by atoms with Crippen molar-refractivity contribution in [2.75, 3.05) is 19.5 Å². The van der Waals surface area contributed by atoms with Gasteiger partial charge >= 0.3 is 5.97 Å². The molecule has 0 spiro atoms. The van der Waals surface area contributed by atoms with Gasteiger partial charge in [0.25, 0.3) is 0 Å². The largest absolute Gasteiger partial charge is 0.465 e. The number of esters is 1. The molecular formula is C11H20O4S. The summed E-state index contributed by atoms with van der Waals surface area (Å²) in [6.45, 7) is 8.13. The molecule has 0 aromatic rings. The Kier molecular flexibility index (Phi) is 4.26. The summed E-state index contributed by atoms with van der Waals surface area (Å²) in [7, 11) is 0. The smallest absolute Gasteiger partial charge is 0.324 e. The SMILES string of the molecule is CCOC(=O)[C@](C)(SC)[C@@H]1COC(C)(C)O1. The number of carbonyl (C=O) groups is 1. The highest BCUT2D eigenvalue weighted by Gasteiger charge is 2.49. The Morgan fingerprint density at radius 3 is 2.62 bits per heavy atom. The highest BCUT2D eigenvalue weighted by molar-refractivity contribution is 8.00. The van der Waals surface area contributed by atoms with Gasteiger partial charge in [-0.05, 0) is 34.0 Å². The van der Waals surface area contributed by atoms with E-state index in [2.05, 4.69) is 0 Å². The Bertz CT molecular complexity index is 267. The van der Waals surface area contributed by atoms with E-state index in [0.29, 0.717) is 13.2 Å². The van der Waals surface area contributed by atoms with E-state index >= 15 is 0 Å². The summed E-state index contributed by atoms with van der Waals surface area (Å²) in [6.07, 6.45) is 1.61. The molecule has 4 nitrogen and oxygen atoms in total. The van der Waals surface area contributed by atoms with Gasteiger partial charge in [-0.3, -0.25) is 4.79 Å². The van der Waals surface area contributed by atoms with Crippen molar-refractivity contribution in [1.82, 2.24) is 0 Å². The van der Waals surface area contributed by atoms with Crippen LogP contribution >= 0.6 is 11.8 Å². The van der Waals surface area contributed by atoms with Crippen molar-refractivity contribution in [2.45, 2.75) is 44.3 Å². The third-order valence-corrected chi connectivity index (χ3v) is 4.01. The van der Waals surface area contributed by atoms with Gasteiger partial charge in [0.1, 0.15) is 10.9 Å². The van der Waals surface area contributed by atoms with Gasteiger partial charge in [0.15, 0.2) is 5.79 Å². The molecule has 0 N–H and O–H groups in total. The van der Waals surface area contributed by atoms with Crippen LogP contribution in [0.3, 0.4) is 0 Å². The molecule has 0 amide bonds. The van der Waals surface area contributed by atoms with E-state index in [1.54, 1.807) is 6.92 Å². The van der Waals surface area contributed by atoms with Gasteiger partial charge in [0.2, 0.25) is 0 Å². The summed E-state index contributed by atoms with van der Waals surface area (Å²) in [5.74, 6) is -0.859. The maximum absolute atomic E-state index is 11.9. The topological polar surface area (TPSA) is 44.8 Å². The Hall–Kier alpha value is -0.260. The third-order valence-electron chi connectivity index (χ3n) is 2.73. The van der Waals surface area contributed by atoms with Gasteiger partial charge in [-0.2, -0.15) is 0 Å². The lowest BCUT2D eigenvalue weighted by Gasteiger charge is -2.30. The van der Waals surface area contributed by atoms with Crippen molar-refractivity contribution in [3.63, 3.8) is 0 Å². The van der Waals surface area contributed by atoms with Gasteiger partial charge in [0, 0.05) is 0 Å². The predicted molar refractivity (Wildman–Crippen MR) is 63.5 cm³/mol. The molecule has 0 aromatic carbocycles. The maximum Gasteiger partial charge on any atom is 0.324 e.